The van der Waals surface area contributed by atoms with Crippen LogP contribution in [0.4, 0.5) is 10.8 Å². The summed E-state index contributed by atoms with van der Waals surface area (Å²) in [6, 6.07) is 9.85. The van der Waals surface area contributed by atoms with Crippen LogP contribution in [-0.2, 0) is 6.54 Å². The molecule has 0 radical (unpaired) electrons. The molecular formula is C19H23N5O2S. The minimum atomic E-state index is 0.647. The fourth-order valence-corrected chi connectivity index (χ4v) is 4.13. The first-order chi connectivity index (χ1) is 13.3. The van der Waals surface area contributed by atoms with E-state index < -0.39 is 0 Å². The molecule has 0 amide bonds. The molecule has 0 saturated carbocycles. The minimum absolute atomic E-state index is 0.647. The zero-order chi connectivity index (χ0) is 18.6. The van der Waals surface area contributed by atoms with E-state index in [9.17, 15) is 0 Å². The molecule has 27 heavy (non-hydrogen) atoms. The van der Waals surface area contributed by atoms with E-state index >= 15 is 0 Å². The molecular weight excluding hydrogens is 362 g/mol. The number of rotatable bonds is 7. The Balaban J connectivity index is 1.50. The summed E-state index contributed by atoms with van der Waals surface area (Å²) < 4.78 is 12.8. The lowest BCUT2D eigenvalue weighted by atomic mass is 10.2. The van der Waals surface area contributed by atoms with Crippen molar-refractivity contribution in [1.82, 2.24) is 14.8 Å². The number of benzene rings is 1. The van der Waals surface area contributed by atoms with Gasteiger partial charge in [0, 0.05) is 31.0 Å². The molecule has 7 nitrogen and oxygen atoms in total. The molecule has 0 atom stereocenters. The van der Waals surface area contributed by atoms with Crippen LogP contribution in [0.15, 0.2) is 36.5 Å². The van der Waals surface area contributed by atoms with Crippen molar-refractivity contribution in [1.29, 1.82) is 0 Å². The Morgan fingerprint density at radius 2 is 1.89 bits per heavy atom. The number of nitrogens with one attached hydrogen (secondary N) is 1. The fourth-order valence-electron chi connectivity index (χ4n) is 3.22. The number of anilines is 2. The van der Waals surface area contributed by atoms with E-state index in [2.05, 4.69) is 31.0 Å². The third-order valence-electron chi connectivity index (χ3n) is 4.69. The molecule has 0 aliphatic carbocycles. The number of aromatic nitrogens is 3. The molecule has 1 aliphatic heterocycles. The average Bonchev–Trinajstić information content (AvgIpc) is 3.46. The predicted molar refractivity (Wildman–Crippen MR) is 108 cm³/mol. The Kier molecular flexibility index (Phi) is 5.15. The summed E-state index contributed by atoms with van der Waals surface area (Å²) in [5.74, 6) is 1.52. The number of ether oxygens (including phenoxy) is 2. The number of methoxy groups -OCH3 is 2. The lowest BCUT2D eigenvalue weighted by molar-refractivity contribution is 0.395. The largest absolute Gasteiger partial charge is 0.497 e. The molecule has 8 heteroatoms. The molecule has 1 aromatic carbocycles. The zero-order valence-corrected chi connectivity index (χ0v) is 16.3. The second-order valence-electron chi connectivity index (χ2n) is 6.35. The Labute approximate surface area is 162 Å². The molecule has 0 spiro atoms. The second kappa shape index (κ2) is 7.87. The van der Waals surface area contributed by atoms with Crippen LogP contribution in [0.3, 0.4) is 0 Å². The standard InChI is InChI=1S/C19H23N5O2S/c1-25-15-7-8-16(17(12-15)26-2)20-13-14-6-5-11-24(14)19-22-21-18(27-19)23-9-3-4-10-23/h5-8,11-12,20H,3-4,9-10,13H2,1-2H3. The molecule has 1 saturated heterocycles. The van der Waals surface area contributed by atoms with Gasteiger partial charge in [-0.3, -0.25) is 4.57 Å². The molecule has 0 bridgehead atoms. The first kappa shape index (κ1) is 17.7. The van der Waals surface area contributed by atoms with Crippen molar-refractivity contribution in [2.24, 2.45) is 0 Å². The van der Waals surface area contributed by atoms with Gasteiger partial charge < -0.3 is 19.7 Å². The van der Waals surface area contributed by atoms with Crippen LogP contribution in [0.1, 0.15) is 18.5 Å². The van der Waals surface area contributed by atoms with E-state index in [-0.39, 0.29) is 0 Å². The smallest absolute Gasteiger partial charge is 0.218 e. The van der Waals surface area contributed by atoms with Crippen LogP contribution in [0.25, 0.3) is 5.13 Å². The van der Waals surface area contributed by atoms with Crippen LogP contribution in [-0.4, -0.2) is 42.1 Å². The molecule has 2 aromatic heterocycles. The SMILES string of the molecule is COc1ccc(NCc2cccn2-c2nnc(N3CCCC3)s2)c(OC)c1. The van der Waals surface area contributed by atoms with Crippen LogP contribution >= 0.6 is 11.3 Å². The second-order valence-corrected chi connectivity index (χ2v) is 7.29. The molecule has 1 aliphatic rings. The third-order valence-corrected chi connectivity index (χ3v) is 5.67. The Bertz CT molecular complexity index is 901. The van der Waals surface area contributed by atoms with Gasteiger partial charge in [-0.25, -0.2) is 0 Å². The fraction of sp³-hybridized carbons (Fsp3) is 0.368. The molecule has 0 unspecified atom stereocenters. The van der Waals surface area contributed by atoms with Gasteiger partial charge in [0.1, 0.15) is 11.5 Å². The summed E-state index contributed by atoms with van der Waals surface area (Å²) in [5, 5.41) is 14.1. The van der Waals surface area contributed by atoms with Gasteiger partial charge in [-0.1, -0.05) is 11.3 Å². The van der Waals surface area contributed by atoms with Crippen molar-refractivity contribution in [3.63, 3.8) is 0 Å². The summed E-state index contributed by atoms with van der Waals surface area (Å²) in [6.07, 6.45) is 4.49. The molecule has 4 rings (SSSR count). The maximum absolute atomic E-state index is 5.46. The van der Waals surface area contributed by atoms with E-state index in [1.54, 1.807) is 25.6 Å². The zero-order valence-electron chi connectivity index (χ0n) is 15.5. The van der Waals surface area contributed by atoms with Crippen molar-refractivity contribution in [3.05, 3.63) is 42.2 Å². The van der Waals surface area contributed by atoms with Gasteiger partial charge in [0.05, 0.1) is 26.5 Å². The highest BCUT2D eigenvalue weighted by molar-refractivity contribution is 7.17. The first-order valence-corrected chi connectivity index (χ1v) is 9.81. The van der Waals surface area contributed by atoms with Crippen molar-refractivity contribution in [2.45, 2.75) is 19.4 Å². The van der Waals surface area contributed by atoms with Gasteiger partial charge in [-0.2, -0.15) is 0 Å². The van der Waals surface area contributed by atoms with Crippen LogP contribution in [0, 0.1) is 0 Å². The Morgan fingerprint density at radius 1 is 1.07 bits per heavy atom. The van der Waals surface area contributed by atoms with E-state index in [0.29, 0.717) is 6.54 Å². The predicted octanol–water partition coefficient (Wildman–Crippen LogP) is 3.56. The van der Waals surface area contributed by atoms with Crippen molar-refractivity contribution in [2.75, 3.05) is 37.5 Å². The maximum Gasteiger partial charge on any atom is 0.218 e. The average molecular weight is 385 g/mol. The number of hydrogen-bond donors (Lipinski definition) is 1. The monoisotopic (exact) mass is 385 g/mol. The Morgan fingerprint density at radius 3 is 2.67 bits per heavy atom. The van der Waals surface area contributed by atoms with Gasteiger partial charge in [-0.15, -0.1) is 10.2 Å². The quantitative estimate of drug-likeness (QED) is 0.671. The van der Waals surface area contributed by atoms with Gasteiger partial charge in [0.2, 0.25) is 10.3 Å². The van der Waals surface area contributed by atoms with E-state index in [0.717, 1.165) is 46.2 Å². The maximum atomic E-state index is 5.46. The van der Waals surface area contributed by atoms with Gasteiger partial charge in [-0.05, 0) is 37.1 Å². The molecule has 3 aromatic rings. The normalized spacial score (nSPS) is 13.8. The highest BCUT2D eigenvalue weighted by Gasteiger charge is 2.18. The van der Waals surface area contributed by atoms with Gasteiger partial charge >= 0.3 is 0 Å². The van der Waals surface area contributed by atoms with Crippen LogP contribution in [0.2, 0.25) is 0 Å². The summed E-state index contributed by atoms with van der Waals surface area (Å²) >= 11 is 1.63. The molecule has 142 valence electrons. The van der Waals surface area contributed by atoms with Crippen molar-refractivity contribution >= 4 is 22.2 Å². The Hall–Kier alpha value is -2.74. The highest BCUT2D eigenvalue weighted by atomic mass is 32.1. The summed E-state index contributed by atoms with van der Waals surface area (Å²) in [6.45, 7) is 2.80. The van der Waals surface area contributed by atoms with Crippen LogP contribution in [0.5, 0.6) is 11.5 Å². The van der Waals surface area contributed by atoms with Gasteiger partial charge in [0.15, 0.2) is 0 Å². The summed E-state index contributed by atoms with van der Waals surface area (Å²) in [5.41, 5.74) is 2.03. The third kappa shape index (κ3) is 3.71. The topological polar surface area (TPSA) is 64.4 Å². The van der Waals surface area contributed by atoms with Crippen molar-refractivity contribution < 1.29 is 9.47 Å². The lowest BCUT2D eigenvalue weighted by Crippen LogP contribution is -2.17. The van der Waals surface area contributed by atoms with E-state index in [1.807, 2.05) is 30.5 Å². The van der Waals surface area contributed by atoms with Crippen LogP contribution < -0.4 is 19.7 Å². The van der Waals surface area contributed by atoms with Gasteiger partial charge in [0.25, 0.3) is 0 Å². The van der Waals surface area contributed by atoms with E-state index in [4.69, 9.17) is 9.47 Å². The highest BCUT2D eigenvalue weighted by Crippen LogP contribution is 2.30. The molecule has 3 heterocycles. The number of nitrogens with zero attached hydrogens (tertiary/aromatic N) is 4. The first-order valence-electron chi connectivity index (χ1n) is 8.99. The minimum Gasteiger partial charge on any atom is -0.497 e. The van der Waals surface area contributed by atoms with Crippen molar-refractivity contribution in [3.8, 4) is 16.6 Å². The van der Waals surface area contributed by atoms with E-state index in [1.165, 1.54) is 12.8 Å². The summed E-state index contributed by atoms with van der Waals surface area (Å²) in [7, 11) is 3.30. The lowest BCUT2D eigenvalue weighted by Gasteiger charge is -2.13. The summed E-state index contributed by atoms with van der Waals surface area (Å²) in [4.78, 5) is 2.31. The molecule has 1 N–H and O–H groups in total. The number of hydrogen-bond acceptors (Lipinski definition) is 7. The molecule has 1 fully saturated rings.